The molecule has 1 aromatic carbocycles. The smallest absolute Gasteiger partial charge is 0.240 e. The number of halogens is 3. The predicted molar refractivity (Wildman–Crippen MR) is 73.6 cm³/mol. The van der Waals surface area contributed by atoms with E-state index in [0.717, 1.165) is 17.6 Å². The van der Waals surface area contributed by atoms with E-state index in [2.05, 4.69) is 21.2 Å². The zero-order valence-electron chi connectivity index (χ0n) is 10.5. The quantitative estimate of drug-likeness (QED) is 0.888. The first kappa shape index (κ1) is 14.7. The van der Waals surface area contributed by atoms with Gasteiger partial charge in [0.15, 0.2) is 0 Å². The minimum atomic E-state index is -2.39. The highest BCUT2D eigenvalue weighted by Gasteiger charge is 2.27. The molecule has 6 heteroatoms. The number of rotatable bonds is 4. The molecule has 0 spiro atoms. The Balaban J connectivity index is 2.27. The standard InChI is InChI=1S/C13H17BrF2N2O/c14-9-1-2-12(19)10(7-9)11(8-13(15)16)18-5-3-17-4-6-18/h1-2,7,11,13,17,19H,3-6,8H2/t11-/m0/s1. The highest BCUT2D eigenvalue weighted by Crippen LogP contribution is 2.35. The van der Waals surface area contributed by atoms with Crippen LogP contribution in [0.2, 0.25) is 0 Å². The third-order valence-electron chi connectivity index (χ3n) is 3.34. The van der Waals surface area contributed by atoms with Crippen molar-refractivity contribution in [2.24, 2.45) is 0 Å². The number of alkyl halides is 2. The van der Waals surface area contributed by atoms with Crippen molar-refractivity contribution in [2.45, 2.75) is 18.9 Å². The molecule has 1 atom stereocenters. The Morgan fingerprint density at radius 3 is 2.63 bits per heavy atom. The van der Waals surface area contributed by atoms with E-state index < -0.39 is 12.5 Å². The van der Waals surface area contributed by atoms with Crippen molar-refractivity contribution in [3.63, 3.8) is 0 Å². The van der Waals surface area contributed by atoms with Crippen molar-refractivity contribution in [2.75, 3.05) is 26.2 Å². The molecule has 0 aromatic heterocycles. The van der Waals surface area contributed by atoms with Crippen LogP contribution in [0.15, 0.2) is 22.7 Å². The molecule has 2 rings (SSSR count). The van der Waals surface area contributed by atoms with Crippen LogP contribution in [0.25, 0.3) is 0 Å². The van der Waals surface area contributed by atoms with Gasteiger partial charge in [-0.25, -0.2) is 8.78 Å². The molecule has 0 radical (unpaired) electrons. The van der Waals surface area contributed by atoms with Gasteiger partial charge in [-0.05, 0) is 18.2 Å². The third kappa shape index (κ3) is 3.87. The van der Waals surface area contributed by atoms with Gasteiger partial charge in [0, 0.05) is 48.7 Å². The first-order valence-electron chi connectivity index (χ1n) is 6.29. The van der Waals surface area contributed by atoms with E-state index in [1.165, 1.54) is 0 Å². The number of hydrogen-bond donors (Lipinski definition) is 2. The molecule has 106 valence electrons. The van der Waals surface area contributed by atoms with E-state index in [1.54, 1.807) is 18.2 Å². The number of piperazine rings is 1. The summed E-state index contributed by atoms with van der Waals surface area (Å²) < 4.78 is 26.4. The Kier molecular flexibility index (Phi) is 5.13. The van der Waals surface area contributed by atoms with Crippen LogP contribution in [0.5, 0.6) is 5.75 Å². The van der Waals surface area contributed by atoms with Crippen LogP contribution >= 0.6 is 15.9 Å². The van der Waals surface area contributed by atoms with Gasteiger partial charge in [-0.1, -0.05) is 15.9 Å². The topological polar surface area (TPSA) is 35.5 Å². The van der Waals surface area contributed by atoms with Crippen LogP contribution in [-0.4, -0.2) is 42.6 Å². The molecule has 0 aliphatic carbocycles. The zero-order chi connectivity index (χ0) is 13.8. The van der Waals surface area contributed by atoms with Crippen molar-refractivity contribution in [1.82, 2.24) is 10.2 Å². The first-order valence-corrected chi connectivity index (χ1v) is 7.08. The normalized spacial score (nSPS) is 18.7. The van der Waals surface area contributed by atoms with Gasteiger partial charge < -0.3 is 10.4 Å². The van der Waals surface area contributed by atoms with Gasteiger partial charge in [0.1, 0.15) is 5.75 Å². The summed E-state index contributed by atoms with van der Waals surface area (Å²) in [6.45, 7) is 3.00. The molecule has 1 aliphatic heterocycles. The average molecular weight is 335 g/mol. The lowest BCUT2D eigenvalue weighted by Crippen LogP contribution is -2.45. The van der Waals surface area contributed by atoms with Crippen LogP contribution in [-0.2, 0) is 0 Å². The second-order valence-corrected chi connectivity index (χ2v) is 5.55. The van der Waals surface area contributed by atoms with E-state index >= 15 is 0 Å². The molecule has 0 amide bonds. The Labute approximate surface area is 119 Å². The van der Waals surface area contributed by atoms with Crippen LogP contribution in [0.4, 0.5) is 8.78 Å². The number of aromatic hydroxyl groups is 1. The molecule has 0 bridgehead atoms. The Hall–Kier alpha value is -0.720. The highest BCUT2D eigenvalue weighted by molar-refractivity contribution is 9.10. The largest absolute Gasteiger partial charge is 0.508 e. The minimum Gasteiger partial charge on any atom is -0.508 e. The van der Waals surface area contributed by atoms with Crippen LogP contribution in [0.1, 0.15) is 18.0 Å². The number of nitrogens with zero attached hydrogens (tertiary/aromatic N) is 1. The maximum Gasteiger partial charge on any atom is 0.240 e. The number of benzene rings is 1. The number of phenols is 1. The summed E-state index contributed by atoms with van der Waals surface area (Å²) in [4.78, 5) is 2.00. The molecule has 1 aliphatic rings. The zero-order valence-corrected chi connectivity index (χ0v) is 12.0. The van der Waals surface area contributed by atoms with Crippen molar-refractivity contribution in [1.29, 1.82) is 0 Å². The molecule has 1 aromatic rings. The molecule has 1 heterocycles. The first-order chi connectivity index (χ1) is 9.08. The number of phenolic OH excluding ortho intramolecular Hbond substituents is 1. The SMILES string of the molecule is Oc1ccc(Br)cc1[C@H](CC(F)F)N1CCNCC1. The Morgan fingerprint density at radius 2 is 2.00 bits per heavy atom. The fraction of sp³-hybridized carbons (Fsp3) is 0.538. The van der Waals surface area contributed by atoms with E-state index in [9.17, 15) is 13.9 Å². The summed E-state index contributed by atoms with van der Waals surface area (Å²) in [5, 5.41) is 13.1. The molecule has 19 heavy (non-hydrogen) atoms. The molecule has 0 unspecified atom stereocenters. The third-order valence-corrected chi connectivity index (χ3v) is 3.84. The second-order valence-electron chi connectivity index (χ2n) is 4.63. The van der Waals surface area contributed by atoms with Crippen molar-refractivity contribution in [3.8, 4) is 5.75 Å². The van der Waals surface area contributed by atoms with E-state index in [4.69, 9.17) is 0 Å². The molecule has 3 nitrogen and oxygen atoms in total. The summed E-state index contributed by atoms with van der Waals surface area (Å²) in [6, 6.07) is 4.53. The van der Waals surface area contributed by atoms with Gasteiger partial charge in [-0.15, -0.1) is 0 Å². The number of nitrogens with one attached hydrogen (secondary N) is 1. The molecule has 0 saturated carbocycles. The Bertz CT molecular complexity index is 425. The van der Waals surface area contributed by atoms with Crippen LogP contribution in [0.3, 0.4) is 0 Å². The predicted octanol–water partition coefficient (Wildman–Crippen LogP) is 2.76. The van der Waals surface area contributed by atoms with Gasteiger partial charge >= 0.3 is 0 Å². The summed E-state index contributed by atoms with van der Waals surface area (Å²) in [6.07, 6.45) is -2.65. The maximum absolute atomic E-state index is 12.8. The summed E-state index contributed by atoms with van der Waals surface area (Å²) >= 11 is 3.33. The van der Waals surface area contributed by atoms with Gasteiger partial charge in [-0.3, -0.25) is 4.90 Å². The minimum absolute atomic E-state index is 0.0763. The van der Waals surface area contributed by atoms with Crippen LogP contribution < -0.4 is 5.32 Å². The molecule has 1 fully saturated rings. The van der Waals surface area contributed by atoms with Crippen molar-refractivity contribution < 1.29 is 13.9 Å². The van der Waals surface area contributed by atoms with E-state index in [0.29, 0.717) is 18.7 Å². The van der Waals surface area contributed by atoms with E-state index in [1.807, 2.05) is 4.90 Å². The molecular weight excluding hydrogens is 318 g/mol. The lowest BCUT2D eigenvalue weighted by atomic mass is 10.0. The second kappa shape index (κ2) is 6.63. The summed E-state index contributed by atoms with van der Waals surface area (Å²) in [7, 11) is 0. The molecule has 1 saturated heterocycles. The van der Waals surface area contributed by atoms with Gasteiger partial charge in [0.05, 0.1) is 0 Å². The van der Waals surface area contributed by atoms with Crippen molar-refractivity contribution in [3.05, 3.63) is 28.2 Å². The van der Waals surface area contributed by atoms with Gasteiger partial charge in [0.25, 0.3) is 0 Å². The average Bonchev–Trinajstić information content (AvgIpc) is 2.40. The Morgan fingerprint density at radius 1 is 1.32 bits per heavy atom. The lowest BCUT2D eigenvalue weighted by Gasteiger charge is -2.35. The molecule has 2 N–H and O–H groups in total. The van der Waals surface area contributed by atoms with E-state index in [-0.39, 0.29) is 12.2 Å². The fourth-order valence-electron chi connectivity index (χ4n) is 2.43. The van der Waals surface area contributed by atoms with Crippen LogP contribution in [0, 0.1) is 0 Å². The summed E-state index contributed by atoms with van der Waals surface area (Å²) in [5.41, 5.74) is 0.566. The lowest BCUT2D eigenvalue weighted by molar-refractivity contribution is 0.0729. The maximum atomic E-state index is 12.8. The van der Waals surface area contributed by atoms with Crippen molar-refractivity contribution >= 4 is 15.9 Å². The monoisotopic (exact) mass is 334 g/mol. The van der Waals surface area contributed by atoms with Gasteiger partial charge in [0.2, 0.25) is 6.43 Å². The summed E-state index contributed by atoms with van der Waals surface area (Å²) in [5.74, 6) is 0.0763. The highest BCUT2D eigenvalue weighted by atomic mass is 79.9. The van der Waals surface area contributed by atoms with Gasteiger partial charge in [-0.2, -0.15) is 0 Å². The molecular formula is C13H17BrF2N2O. The number of hydrogen-bond acceptors (Lipinski definition) is 3. The fourth-order valence-corrected chi connectivity index (χ4v) is 2.81.